The third-order valence-electron chi connectivity index (χ3n) is 6.00. The highest BCUT2D eigenvalue weighted by Crippen LogP contribution is 2.35. The summed E-state index contributed by atoms with van der Waals surface area (Å²) >= 11 is 0. The molecule has 0 spiro atoms. The molecule has 156 valence electrons. The van der Waals surface area contributed by atoms with Crippen molar-refractivity contribution in [3.05, 3.63) is 93.8 Å². The molecular formula is C24H22N4O3. The molecule has 1 atom stereocenters. The Kier molecular flexibility index (Phi) is 4.58. The molecule has 0 radical (unpaired) electrons. The Hall–Kier alpha value is -3.87. The average Bonchev–Trinajstić information content (AvgIpc) is 3.29. The molecule has 3 heterocycles. The minimum atomic E-state index is -0.351. The van der Waals surface area contributed by atoms with Crippen molar-refractivity contribution in [1.29, 1.82) is 0 Å². The highest BCUT2D eigenvalue weighted by molar-refractivity contribution is 6.06. The van der Waals surface area contributed by atoms with Gasteiger partial charge in [0.15, 0.2) is 0 Å². The lowest BCUT2D eigenvalue weighted by molar-refractivity contribution is 0.0692. The lowest BCUT2D eigenvalue weighted by Gasteiger charge is -2.35. The van der Waals surface area contributed by atoms with Gasteiger partial charge in [-0.15, -0.1) is 0 Å². The molecule has 2 aromatic carbocycles. The molecule has 0 bridgehead atoms. The van der Waals surface area contributed by atoms with E-state index in [9.17, 15) is 9.59 Å². The summed E-state index contributed by atoms with van der Waals surface area (Å²) < 4.78 is 6.85. The predicted molar refractivity (Wildman–Crippen MR) is 117 cm³/mol. The standard InChI is InChI=1S/C24H22N4O3/c1-27-20-6-4-3-5-17(20)18(13-21(27)29)24(30)28-12-11-19-22(26-14-25-19)23(28)15-7-9-16(31-2)10-8-15/h3-10,13-14,23H,11-12H2,1-2H3,(H,25,26). The molecular weight excluding hydrogens is 392 g/mol. The number of carbonyl (C=O) groups excluding carboxylic acids is 1. The maximum atomic E-state index is 13.8. The number of imidazole rings is 1. The van der Waals surface area contributed by atoms with E-state index in [1.807, 2.05) is 53.4 Å². The number of carbonyl (C=O) groups is 1. The van der Waals surface area contributed by atoms with Gasteiger partial charge >= 0.3 is 0 Å². The molecule has 0 saturated heterocycles. The second-order valence-corrected chi connectivity index (χ2v) is 7.66. The molecule has 7 heteroatoms. The summed E-state index contributed by atoms with van der Waals surface area (Å²) in [5, 5.41) is 0.760. The van der Waals surface area contributed by atoms with Crippen molar-refractivity contribution in [3.8, 4) is 5.75 Å². The number of methoxy groups -OCH3 is 1. The third-order valence-corrected chi connectivity index (χ3v) is 6.00. The number of benzene rings is 2. The molecule has 1 aliphatic rings. The van der Waals surface area contributed by atoms with Gasteiger partial charge in [0.25, 0.3) is 11.5 Å². The molecule has 1 aliphatic heterocycles. The van der Waals surface area contributed by atoms with E-state index in [1.165, 1.54) is 6.07 Å². The zero-order valence-electron chi connectivity index (χ0n) is 17.3. The van der Waals surface area contributed by atoms with Gasteiger partial charge < -0.3 is 19.2 Å². The monoisotopic (exact) mass is 414 g/mol. The van der Waals surface area contributed by atoms with Gasteiger partial charge in [-0.1, -0.05) is 30.3 Å². The van der Waals surface area contributed by atoms with Crippen molar-refractivity contribution >= 4 is 16.8 Å². The number of ether oxygens (including phenoxy) is 1. The van der Waals surface area contributed by atoms with E-state index in [4.69, 9.17) is 4.74 Å². The summed E-state index contributed by atoms with van der Waals surface area (Å²) in [4.78, 5) is 36.0. The van der Waals surface area contributed by atoms with Crippen LogP contribution in [0.5, 0.6) is 5.75 Å². The van der Waals surface area contributed by atoms with Crippen LogP contribution in [-0.4, -0.2) is 39.0 Å². The first-order valence-corrected chi connectivity index (χ1v) is 10.1. The number of rotatable bonds is 3. The Balaban J connectivity index is 1.65. The number of hydrogen-bond acceptors (Lipinski definition) is 4. The molecule has 1 N–H and O–H groups in total. The van der Waals surface area contributed by atoms with E-state index in [0.717, 1.165) is 33.6 Å². The van der Waals surface area contributed by atoms with Crippen LogP contribution in [-0.2, 0) is 13.5 Å². The Morgan fingerprint density at radius 2 is 1.94 bits per heavy atom. The van der Waals surface area contributed by atoms with Crippen LogP contribution in [0.15, 0.2) is 65.7 Å². The van der Waals surface area contributed by atoms with Gasteiger partial charge in [-0.05, 0) is 23.8 Å². The number of amides is 1. The number of fused-ring (bicyclic) bond motifs is 2. The van der Waals surface area contributed by atoms with Gasteiger partial charge in [-0.3, -0.25) is 9.59 Å². The smallest absolute Gasteiger partial charge is 0.255 e. The van der Waals surface area contributed by atoms with Crippen LogP contribution in [0.2, 0.25) is 0 Å². The largest absolute Gasteiger partial charge is 0.497 e. The van der Waals surface area contributed by atoms with Gasteiger partial charge in [0.2, 0.25) is 0 Å². The number of nitrogens with zero attached hydrogens (tertiary/aromatic N) is 3. The number of para-hydroxylation sites is 1. The highest BCUT2D eigenvalue weighted by Gasteiger charge is 2.35. The molecule has 0 fully saturated rings. The first kappa shape index (κ1) is 19.1. The minimum absolute atomic E-state index is 0.177. The topological polar surface area (TPSA) is 80.2 Å². The van der Waals surface area contributed by atoms with Crippen molar-refractivity contribution in [2.75, 3.05) is 13.7 Å². The first-order chi connectivity index (χ1) is 15.1. The van der Waals surface area contributed by atoms with Crippen molar-refractivity contribution in [2.45, 2.75) is 12.5 Å². The molecule has 0 saturated carbocycles. The number of nitrogens with one attached hydrogen (secondary N) is 1. The summed E-state index contributed by atoms with van der Waals surface area (Å²) in [6.07, 6.45) is 2.35. The van der Waals surface area contributed by atoms with Crippen LogP contribution in [0.1, 0.15) is 33.4 Å². The van der Waals surface area contributed by atoms with Crippen molar-refractivity contribution in [3.63, 3.8) is 0 Å². The summed E-state index contributed by atoms with van der Waals surface area (Å²) in [5.41, 5.74) is 3.74. The molecule has 1 amide bonds. The zero-order valence-corrected chi connectivity index (χ0v) is 17.3. The summed E-state index contributed by atoms with van der Waals surface area (Å²) in [7, 11) is 3.34. The van der Waals surface area contributed by atoms with Crippen LogP contribution in [0.4, 0.5) is 0 Å². The van der Waals surface area contributed by atoms with Gasteiger partial charge in [0.05, 0.1) is 30.2 Å². The highest BCUT2D eigenvalue weighted by atomic mass is 16.5. The molecule has 2 aromatic heterocycles. The number of aromatic nitrogens is 3. The van der Waals surface area contributed by atoms with E-state index in [-0.39, 0.29) is 17.5 Å². The number of aromatic amines is 1. The fourth-order valence-corrected chi connectivity index (χ4v) is 4.36. The van der Waals surface area contributed by atoms with E-state index in [1.54, 1.807) is 25.1 Å². The fraction of sp³-hybridized carbons (Fsp3) is 0.208. The maximum absolute atomic E-state index is 13.8. The number of H-pyrrole nitrogens is 1. The first-order valence-electron chi connectivity index (χ1n) is 10.1. The Labute approximate surface area is 178 Å². The summed E-state index contributed by atoms with van der Waals surface area (Å²) in [6, 6.07) is 16.3. The minimum Gasteiger partial charge on any atom is -0.497 e. The Bertz CT molecular complexity index is 1340. The van der Waals surface area contributed by atoms with Crippen molar-refractivity contribution in [2.24, 2.45) is 7.05 Å². The maximum Gasteiger partial charge on any atom is 0.255 e. The number of aryl methyl sites for hydroxylation is 1. The van der Waals surface area contributed by atoms with Gasteiger partial charge in [-0.2, -0.15) is 0 Å². The molecule has 5 rings (SSSR count). The normalized spacial score (nSPS) is 15.7. The van der Waals surface area contributed by atoms with Crippen molar-refractivity contribution < 1.29 is 9.53 Å². The number of hydrogen-bond donors (Lipinski definition) is 1. The number of pyridine rings is 1. The third kappa shape index (κ3) is 3.09. The van der Waals surface area contributed by atoms with Crippen molar-refractivity contribution in [1.82, 2.24) is 19.4 Å². The van der Waals surface area contributed by atoms with Gasteiger partial charge in [-0.25, -0.2) is 4.98 Å². The van der Waals surface area contributed by atoms with E-state index in [0.29, 0.717) is 18.5 Å². The SMILES string of the molecule is COc1ccc(C2c3nc[nH]c3CCN2C(=O)c2cc(=O)n(C)c3ccccc23)cc1. The second-order valence-electron chi connectivity index (χ2n) is 7.66. The average molecular weight is 414 g/mol. The molecule has 0 aliphatic carbocycles. The van der Waals surface area contributed by atoms with Crippen LogP contribution < -0.4 is 10.3 Å². The van der Waals surface area contributed by atoms with E-state index >= 15 is 0 Å². The molecule has 4 aromatic rings. The fourth-order valence-electron chi connectivity index (χ4n) is 4.36. The van der Waals surface area contributed by atoms with Gasteiger partial charge in [0, 0.05) is 37.2 Å². The Morgan fingerprint density at radius 1 is 1.16 bits per heavy atom. The lowest BCUT2D eigenvalue weighted by Crippen LogP contribution is -2.41. The van der Waals surface area contributed by atoms with Gasteiger partial charge in [0.1, 0.15) is 11.8 Å². The molecule has 31 heavy (non-hydrogen) atoms. The second kappa shape index (κ2) is 7.43. The van der Waals surface area contributed by atoms with Crippen LogP contribution >= 0.6 is 0 Å². The van der Waals surface area contributed by atoms with Crippen LogP contribution in [0.3, 0.4) is 0 Å². The van der Waals surface area contributed by atoms with E-state index in [2.05, 4.69) is 9.97 Å². The quantitative estimate of drug-likeness (QED) is 0.559. The zero-order chi connectivity index (χ0) is 21.5. The summed E-state index contributed by atoms with van der Waals surface area (Å²) in [6.45, 7) is 0.522. The van der Waals surface area contributed by atoms with Crippen LogP contribution in [0, 0.1) is 0 Å². The van der Waals surface area contributed by atoms with Crippen LogP contribution in [0.25, 0.3) is 10.9 Å². The lowest BCUT2D eigenvalue weighted by atomic mass is 9.94. The Morgan fingerprint density at radius 3 is 2.71 bits per heavy atom. The summed E-state index contributed by atoms with van der Waals surface area (Å²) in [5.74, 6) is 0.570. The molecule has 1 unspecified atom stereocenters. The predicted octanol–water partition coefficient (Wildman–Crippen LogP) is 3.06. The molecule has 7 nitrogen and oxygen atoms in total. The van der Waals surface area contributed by atoms with E-state index < -0.39 is 0 Å².